The lowest BCUT2D eigenvalue weighted by Gasteiger charge is -2.34. The second kappa shape index (κ2) is 6.84. The quantitative estimate of drug-likeness (QED) is 0.746. The van der Waals surface area contributed by atoms with Crippen molar-refractivity contribution in [1.29, 1.82) is 0 Å². The fraction of sp³-hybridized carbons (Fsp3) is 0.263. The van der Waals surface area contributed by atoms with Crippen LogP contribution >= 0.6 is 0 Å². The number of rotatable bonds is 6. The van der Waals surface area contributed by atoms with Crippen molar-refractivity contribution in [2.45, 2.75) is 18.9 Å². The SMILES string of the molecule is O=c1cc(-c2ccc(OC3CC(COc4ccccc4)C3)nc2)o[nH]1. The van der Waals surface area contributed by atoms with E-state index in [0.29, 0.717) is 24.2 Å². The smallest absolute Gasteiger partial charge is 0.280 e. The van der Waals surface area contributed by atoms with Gasteiger partial charge in [-0.1, -0.05) is 18.2 Å². The van der Waals surface area contributed by atoms with Gasteiger partial charge in [0.15, 0.2) is 5.76 Å². The van der Waals surface area contributed by atoms with Crippen LogP contribution in [-0.4, -0.2) is 22.9 Å². The molecule has 1 aliphatic carbocycles. The van der Waals surface area contributed by atoms with Crippen LogP contribution in [0.2, 0.25) is 0 Å². The van der Waals surface area contributed by atoms with Crippen LogP contribution in [0.5, 0.6) is 11.6 Å². The van der Waals surface area contributed by atoms with Gasteiger partial charge in [-0.05, 0) is 37.0 Å². The molecule has 0 spiro atoms. The van der Waals surface area contributed by atoms with Crippen LogP contribution in [0.15, 0.2) is 64.0 Å². The number of benzene rings is 1. The van der Waals surface area contributed by atoms with Crippen molar-refractivity contribution < 1.29 is 14.0 Å². The molecule has 6 nitrogen and oxygen atoms in total. The zero-order chi connectivity index (χ0) is 17.1. The van der Waals surface area contributed by atoms with Crippen molar-refractivity contribution in [3.63, 3.8) is 0 Å². The largest absolute Gasteiger partial charge is 0.493 e. The predicted molar refractivity (Wildman–Crippen MR) is 91.6 cm³/mol. The van der Waals surface area contributed by atoms with Crippen molar-refractivity contribution in [3.8, 4) is 23.0 Å². The van der Waals surface area contributed by atoms with Gasteiger partial charge in [-0.2, -0.15) is 5.16 Å². The van der Waals surface area contributed by atoms with Gasteiger partial charge in [-0.3, -0.25) is 4.79 Å². The molecule has 128 valence electrons. The summed E-state index contributed by atoms with van der Waals surface area (Å²) in [4.78, 5) is 15.4. The first-order chi connectivity index (χ1) is 12.3. The average molecular weight is 338 g/mol. The fourth-order valence-electron chi connectivity index (χ4n) is 2.83. The van der Waals surface area contributed by atoms with Gasteiger partial charge in [0, 0.05) is 17.8 Å². The molecule has 2 heterocycles. The Bertz CT molecular complexity index is 864. The minimum atomic E-state index is -0.270. The molecule has 1 saturated carbocycles. The summed E-state index contributed by atoms with van der Waals surface area (Å²) in [6.45, 7) is 0.711. The molecule has 0 radical (unpaired) electrons. The molecule has 0 bridgehead atoms. The van der Waals surface area contributed by atoms with E-state index < -0.39 is 0 Å². The van der Waals surface area contributed by atoms with Crippen LogP contribution < -0.4 is 15.0 Å². The molecule has 1 fully saturated rings. The van der Waals surface area contributed by atoms with E-state index in [9.17, 15) is 4.79 Å². The van der Waals surface area contributed by atoms with E-state index in [1.165, 1.54) is 6.07 Å². The number of pyridine rings is 1. The van der Waals surface area contributed by atoms with Crippen molar-refractivity contribution in [2.75, 3.05) is 6.61 Å². The fourth-order valence-corrected chi connectivity index (χ4v) is 2.83. The highest BCUT2D eigenvalue weighted by Gasteiger charge is 2.31. The second-order valence-electron chi connectivity index (χ2n) is 6.16. The van der Waals surface area contributed by atoms with E-state index in [1.807, 2.05) is 36.4 Å². The summed E-state index contributed by atoms with van der Waals surface area (Å²) in [7, 11) is 0. The first-order valence-electron chi connectivity index (χ1n) is 8.26. The Balaban J connectivity index is 1.25. The zero-order valence-corrected chi connectivity index (χ0v) is 13.6. The molecule has 3 aromatic rings. The second-order valence-corrected chi connectivity index (χ2v) is 6.16. The third-order valence-electron chi connectivity index (χ3n) is 4.25. The number of nitrogens with one attached hydrogen (secondary N) is 1. The van der Waals surface area contributed by atoms with Crippen LogP contribution in [0.25, 0.3) is 11.3 Å². The van der Waals surface area contributed by atoms with Gasteiger partial charge in [-0.15, -0.1) is 0 Å². The Labute approximate surface area is 144 Å². The highest BCUT2D eigenvalue weighted by atomic mass is 16.5. The van der Waals surface area contributed by atoms with Crippen LogP contribution in [0.3, 0.4) is 0 Å². The Hall–Kier alpha value is -3.02. The summed E-state index contributed by atoms with van der Waals surface area (Å²) in [5, 5.41) is 2.26. The molecular weight excluding hydrogens is 320 g/mol. The van der Waals surface area contributed by atoms with Gasteiger partial charge in [0.25, 0.3) is 5.56 Å². The molecule has 4 rings (SSSR count). The van der Waals surface area contributed by atoms with Crippen molar-refractivity contribution in [1.82, 2.24) is 10.1 Å². The molecule has 0 unspecified atom stereocenters. The maximum absolute atomic E-state index is 11.1. The average Bonchev–Trinajstić information content (AvgIpc) is 3.05. The Kier molecular flexibility index (Phi) is 4.24. The number of aromatic nitrogens is 2. The van der Waals surface area contributed by atoms with Crippen LogP contribution in [-0.2, 0) is 0 Å². The summed E-state index contributed by atoms with van der Waals surface area (Å²) < 4.78 is 16.7. The van der Waals surface area contributed by atoms with Crippen LogP contribution in [0, 0.1) is 5.92 Å². The molecule has 0 saturated heterocycles. The molecule has 0 atom stereocenters. The summed E-state index contributed by atoms with van der Waals surface area (Å²) in [5.41, 5.74) is 0.460. The number of H-pyrrole nitrogens is 1. The zero-order valence-electron chi connectivity index (χ0n) is 13.6. The Morgan fingerprint density at radius 1 is 1.16 bits per heavy atom. The van der Waals surface area contributed by atoms with E-state index in [0.717, 1.165) is 24.2 Å². The molecule has 1 N–H and O–H groups in total. The van der Waals surface area contributed by atoms with Crippen LogP contribution in [0.4, 0.5) is 0 Å². The molecule has 25 heavy (non-hydrogen) atoms. The Morgan fingerprint density at radius 3 is 2.68 bits per heavy atom. The molecular formula is C19H18N2O4. The molecule has 0 aliphatic heterocycles. The maximum atomic E-state index is 11.1. The minimum absolute atomic E-state index is 0.174. The number of ether oxygens (including phenoxy) is 2. The third kappa shape index (κ3) is 3.74. The van der Waals surface area contributed by atoms with Gasteiger partial charge in [0.1, 0.15) is 11.9 Å². The van der Waals surface area contributed by atoms with Gasteiger partial charge in [0.05, 0.1) is 12.7 Å². The highest BCUT2D eigenvalue weighted by Crippen LogP contribution is 2.31. The number of hydrogen-bond donors (Lipinski definition) is 1. The van der Waals surface area contributed by atoms with Gasteiger partial charge < -0.3 is 14.0 Å². The topological polar surface area (TPSA) is 77.3 Å². The lowest BCUT2D eigenvalue weighted by atomic mass is 9.83. The van der Waals surface area contributed by atoms with Crippen LogP contribution in [0.1, 0.15) is 12.8 Å². The number of hydrogen-bond acceptors (Lipinski definition) is 5. The lowest BCUT2D eigenvalue weighted by Crippen LogP contribution is -2.37. The highest BCUT2D eigenvalue weighted by molar-refractivity contribution is 5.55. The first kappa shape index (κ1) is 15.5. The summed E-state index contributed by atoms with van der Waals surface area (Å²) >= 11 is 0. The van der Waals surface area contributed by atoms with E-state index >= 15 is 0 Å². The first-order valence-corrected chi connectivity index (χ1v) is 8.26. The number of aromatic amines is 1. The van der Waals surface area contributed by atoms with E-state index in [-0.39, 0.29) is 11.7 Å². The van der Waals surface area contributed by atoms with E-state index in [2.05, 4.69) is 10.1 Å². The maximum Gasteiger partial charge on any atom is 0.280 e. The standard InChI is InChI=1S/C19H18N2O4/c22-18-10-17(25-21-18)14-6-7-19(20-11-14)24-16-8-13(9-16)12-23-15-4-2-1-3-5-15/h1-7,10-11,13,16H,8-9,12H2,(H,21,22). The Morgan fingerprint density at radius 2 is 2.00 bits per heavy atom. The predicted octanol–water partition coefficient (Wildman–Crippen LogP) is 3.27. The normalized spacial score (nSPS) is 19.2. The van der Waals surface area contributed by atoms with E-state index in [1.54, 1.807) is 12.3 Å². The molecule has 0 amide bonds. The number of nitrogens with zero attached hydrogens (tertiary/aromatic N) is 1. The van der Waals surface area contributed by atoms with Gasteiger partial charge >= 0.3 is 0 Å². The lowest BCUT2D eigenvalue weighted by molar-refractivity contribution is 0.0356. The minimum Gasteiger partial charge on any atom is -0.493 e. The third-order valence-corrected chi connectivity index (χ3v) is 4.25. The molecule has 1 aromatic carbocycles. The summed E-state index contributed by atoms with van der Waals surface area (Å²) in [6.07, 6.45) is 3.73. The van der Waals surface area contributed by atoms with Crippen molar-refractivity contribution in [3.05, 3.63) is 65.1 Å². The van der Waals surface area contributed by atoms with E-state index in [4.69, 9.17) is 14.0 Å². The molecule has 2 aromatic heterocycles. The number of para-hydroxylation sites is 1. The monoisotopic (exact) mass is 338 g/mol. The summed E-state index contributed by atoms with van der Waals surface area (Å²) in [6, 6.07) is 14.8. The van der Waals surface area contributed by atoms with Gasteiger partial charge in [0.2, 0.25) is 5.88 Å². The molecule has 6 heteroatoms. The summed E-state index contributed by atoms with van der Waals surface area (Å²) in [5.74, 6) is 2.46. The molecule has 1 aliphatic rings. The van der Waals surface area contributed by atoms with Gasteiger partial charge in [-0.25, -0.2) is 4.98 Å². The van der Waals surface area contributed by atoms with Crippen molar-refractivity contribution in [2.24, 2.45) is 5.92 Å². The van der Waals surface area contributed by atoms with Crippen molar-refractivity contribution >= 4 is 0 Å².